The van der Waals surface area contributed by atoms with E-state index in [-0.39, 0.29) is 0 Å². The van der Waals surface area contributed by atoms with Crippen LogP contribution in [0.5, 0.6) is 0 Å². The van der Waals surface area contributed by atoms with Crippen LogP contribution in [0.3, 0.4) is 0 Å². The Labute approximate surface area is 147 Å². The smallest absolute Gasteiger partial charge is 0.126 e. The van der Waals surface area contributed by atoms with Crippen LogP contribution in [0.2, 0.25) is 0 Å². The molecule has 2 rings (SSSR count). The van der Waals surface area contributed by atoms with Gasteiger partial charge in [0, 0.05) is 5.56 Å². The van der Waals surface area contributed by atoms with Gasteiger partial charge in [-0.1, -0.05) is 57.5 Å². The van der Waals surface area contributed by atoms with E-state index in [1.54, 1.807) is 0 Å². The van der Waals surface area contributed by atoms with E-state index in [1.807, 2.05) is 6.07 Å². The summed E-state index contributed by atoms with van der Waals surface area (Å²) in [4.78, 5) is 0. The number of hydrogen-bond donors (Lipinski definition) is 2. The first-order valence-corrected chi connectivity index (χ1v) is 9.65. The number of aliphatic hydroxyl groups is 1. The van der Waals surface area contributed by atoms with E-state index >= 15 is 0 Å². The third-order valence-electron chi connectivity index (χ3n) is 5.55. The third-order valence-corrected chi connectivity index (χ3v) is 5.55. The fourth-order valence-corrected chi connectivity index (χ4v) is 3.86. The Morgan fingerprint density at radius 1 is 1.17 bits per heavy atom. The number of aliphatic hydroxyl groups excluding tert-OH is 1. The molecule has 1 aliphatic carbocycles. The third kappa shape index (κ3) is 5.87. The van der Waals surface area contributed by atoms with Gasteiger partial charge in [-0.25, -0.2) is 0 Å². The molecule has 0 aromatic heterocycles. The molecule has 3 nitrogen and oxygen atoms in total. The van der Waals surface area contributed by atoms with E-state index < -0.39 is 6.10 Å². The quantitative estimate of drug-likeness (QED) is 0.767. The molecule has 24 heavy (non-hydrogen) atoms. The first kappa shape index (κ1) is 19.4. The molecule has 0 aliphatic heterocycles. The fraction of sp³-hybridized carbons (Fsp3) is 0.714. The van der Waals surface area contributed by atoms with Crippen LogP contribution in [0, 0.1) is 17.8 Å². The zero-order valence-electron chi connectivity index (χ0n) is 15.8. The molecular weight excluding hydrogens is 298 g/mol. The lowest BCUT2D eigenvalue weighted by atomic mass is 9.75. The predicted octanol–water partition coefficient (Wildman–Crippen LogP) is 3.15. The minimum atomic E-state index is -0.402. The number of benzene rings is 1. The number of nitrogens with two attached hydrogens (primary N) is 1. The molecule has 1 saturated carbocycles. The van der Waals surface area contributed by atoms with E-state index in [2.05, 4.69) is 57.3 Å². The summed E-state index contributed by atoms with van der Waals surface area (Å²) in [6.45, 7) is 10.2. The summed E-state index contributed by atoms with van der Waals surface area (Å²) in [5.41, 5.74) is 1.30. The molecule has 3 heteroatoms. The molecule has 0 saturated heterocycles. The predicted molar refractivity (Wildman–Crippen MR) is 98.7 cm³/mol. The maximum absolute atomic E-state index is 10.3. The van der Waals surface area contributed by atoms with Gasteiger partial charge in [0.15, 0.2) is 0 Å². The van der Waals surface area contributed by atoms with Crippen LogP contribution in [0.1, 0.15) is 58.6 Å². The zero-order chi connectivity index (χ0) is 17.5. The maximum Gasteiger partial charge on any atom is 0.126 e. The van der Waals surface area contributed by atoms with Crippen molar-refractivity contribution in [2.75, 3.05) is 13.2 Å². The molecule has 0 heterocycles. The summed E-state index contributed by atoms with van der Waals surface area (Å²) in [5.74, 6) is 2.04. The average Bonchev–Trinajstić information content (AvgIpc) is 2.58. The van der Waals surface area contributed by atoms with Crippen molar-refractivity contribution in [3.63, 3.8) is 0 Å². The number of quaternary nitrogens is 1. The molecule has 1 aromatic carbocycles. The molecule has 136 valence electrons. The Hall–Kier alpha value is -0.900. The van der Waals surface area contributed by atoms with Gasteiger partial charge in [0.2, 0.25) is 0 Å². The first-order chi connectivity index (χ1) is 11.5. The van der Waals surface area contributed by atoms with Gasteiger partial charge in [-0.3, -0.25) is 0 Å². The van der Waals surface area contributed by atoms with Crippen LogP contribution in [-0.4, -0.2) is 30.5 Å². The fourth-order valence-electron chi connectivity index (χ4n) is 3.86. The molecule has 5 atom stereocenters. The molecule has 0 radical (unpaired) electrons. The second kappa shape index (κ2) is 9.55. The van der Waals surface area contributed by atoms with Gasteiger partial charge in [-0.2, -0.15) is 0 Å². The molecular formula is C21H36NO2+. The van der Waals surface area contributed by atoms with E-state index in [0.29, 0.717) is 37.1 Å². The molecule has 0 amide bonds. The molecule has 0 bridgehead atoms. The second-order valence-corrected chi connectivity index (χ2v) is 8.02. The topological polar surface area (TPSA) is 46.1 Å². The molecule has 1 aliphatic rings. The van der Waals surface area contributed by atoms with Crippen molar-refractivity contribution < 1.29 is 15.2 Å². The minimum absolute atomic E-state index is 0.315. The minimum Gasteiger partial charge on any atom is -0.385 e. The Morgan fingerprint density at radius 2 is 1.88 bits per heavy atom. The van der Waals surface area contributed by atoms with Crippen LogP contribution < -0.4 is 5.32 Å². The summed E-state index contributed by atoms with van der Waals surface area (Å²) in [6, 6.07) is 10.8. The highest BCUT2D eigenvalue weighted by Crippen LogP contribution is 2.35. The number of rotatable bonds is 8. The van der Waals surface area contributed by atoms with E-state index in [1.165, 1.54) is 18.4 Å². The lowest BCUT2D eigenvalue weighted by Crippen LogP contribution is -2.87. The summed E-state index contributed by atoms with van der Waals surface area (Å²) >= 11 is 0. The van der Waals surface area contributed by atoms with E-state index in [9.17, 15) is 5.11 Å². The van der Waals surface area contributed by atoms with Crippen LogP contribution in [-0.2, 0) is 4.74 Å². The SMILES string of the molecule is CC(C)[C@H]1CC[C@@H](C)C[C@H]1OC[C@H](O)C[NH2+][C@@H](C)c1ccccc1. The first-order valence-electron chi connectivity index (χ1n) is 9.65. The van der Waals surface area contributed by atoms with Gasteiger partial charge < -0.3 is 15.2 Å². The van der Waals surface area contributed by atoms with Crippen LogP contribution in [0.4, 0.5) is 0 Å². The normalized spacial score (nSPS) is 27.2. The summed E-state index contributed by atoms with van der Waals surface area (Å²) in [7, 11) is 0. The van der Waals surface area contributed by atoms with Crippen molar-refractivity contribution in [3.05, 3.63) is 35.9 Å². The van der Waals surface area contributed by atoms with Crippen molar-refractivity contribution >= 4 is 0 Å². The monoisotopic (exact) mass is 334 g/mol. The highest BCUT2D eigenvalue weighted by Gasteiger charge is 2.31. The summed E-state index contributed by atoms with van der Waals surface area (Å²) in [6.07, 6.45) is 3.63. The Balaban J connectivity index is 1.74. The highest BCUT2D eigenvalue weighted by atomic mass is 16.5. The van der Waals surface area contributed by atoms with Gasteiger partial charge in [0.1, 0.15) is 18.7 Å². The van der Waals surface area contributed by atoms with Crippen molar-refractivity contribution in [1.82, 2.24) is 0 Å². The summed E-state index contributed by atoms with van der Waals surface area (Å²) < 4.78 is 6.16. The molecule has 1 fully saturated rings. The molecule has 0 spiro atoms. The lowest BCUT2D eigenvalue weighted by molar-refractivity contribution is -0.698. The van der Waals surface area contributed by atoms with Gasteiger partial charge in [-0.05, 0) is 37.5 Å². The number of hydrogen-bond acceptors (Lipinski definition) is 2. The van der Waals surface area contributed by atoms with Gasteiger partial charge in [-0.15, -0.1) is 0 Å². The van der Waals surface area contributed by atoms with Crippen molar-refractivity contribution in [2.24, 2.45) is 17.8 Å². The standard InChI is InChI=1S/C21H35NO2/c1-15(2)20-11-10-16(3)12-21(20)24-14-19(23)13-22-17(4)18-8-6-5-7-9-18/h5-9,15-17,19-23H,10-14H2,1-4H3/p+1/t16-,17+,19-,20-,21-/m1/s1. The molecule has 3 N–H and O–H groups in total. The van der Waals surface area contributed by atoms with Gasteiger partial charge in [0.05, 0.1) is 12.7 Å². The molecule has 1 aromatic rings. The maximum atomic E-state index is 10.3. The van der Waals surface area contributed by atoms with E-state index in [4.69, 9.17) is 4.74 Å². The largest absolute Gasteiger partial charge is 0.385 e. The summed E-state index contributed by atoms with van der Waals surface area (Å²) in [5, 5.41) is 12.5. The van der Waals surface area contributed by atoms with Crippen LogP contribution in [0.15, 0.2) is 30.3 Å². The molecule has 0 unspecified atom stereocenters. The van der Waals surface area contributed by atoms with Crippen molar-refractivity contribution in [1.29, 1.82) is 0 Å². The van der Waals surface area contributed by atoms with Crippen molar-refractivity contribution in [3.8, 4) is 0 Å². The Morgan fingerprint density at radius 3 is 2.54 bits per heavy atom. The second-order valence-electron chi connectivity index (χ2n) is 8.02. The number of ether oxygens (including phenoxy) is 1. The average molecular weight is 335 g/mol. The van der Waals surface area contributed by atoms with Gasteiger partial charge >= 0.3 is 0 Å². The Kier molecular flexibility index (Phi) is 7.73. The zero-order valence-corrected chi connectivity index (χ0v) is 15.8. The van der Waals surface area contributed by atoms with E-state index in [0.717, 1.165) is 12.3 Å². The van der Waals surface area contributed by atoms with Crippen molar-refractivity contribution in [2.45, 2.75) is 65.2 Å². The highest BCUT2D eigenvalue weighted by molar-refractivity contribution is 5.16. The van der Waals surface area contributed by atoms with Crippen LogP contribution in [0.25, 0.3) is 0 Å². The van der Waals surface area contributed by atoms with Gasteiger partial charge in [0.25, 0.3) is 0 Å². The van der Waals surface area contributed by atoms with Crippen LogP contribution >= 0.6 is 0 Å². The lowest BCUT2D eigenvalue weighted by Gasteiger charge is -2.37. The Bertz CT molecular complexity index is 462.